The average molecular weight is 260 g/mol. The van der Waals surface area contributed by atoms with Gasteiger partial charge in [0.05, 0.1) is 19.3 Å². The van der Waals surface area contributed by atoms with Gasteiger partial charge in [0.15, 0.2) is 11.6 Å². The van der Waals surface area contributed by atoms with E-state index in [4.69, 9.17) is 10.5 Å². The highest BCUT2D eigenvalue weighted by atomic mass is 16.5. The summed E-state index contributed by atoms with van der Waals surface area (Å²) >= 11 is 0. The van der Waals surface area contributed by atoms with E-state index in [0.29, 0.717) is 24.5 Å². The molecule has 0 spiro atoms. The highest BCUT2D eigenvalue weighted by Crippen LogP contribution is 2.21. The lowest BCUT2D eigenvalue weighted by Crippen LogP contribution is -2.06. The molecule has 2 rings (SSSR count). The molecule has 0 aliphatic rings. The van der Waals surface area contributed by atoms with Crippen LogP contribution < -0.4 is 10.5 Å². The van der Waals surface area contributed by atoms with E-state index in [0.717, 1.165) is 11.3 Å². The topological polar surface area (TPSA) is 83.0 Å². The van der Waals surface area contributed by atoms with Crippen LogP contribution in [0.4, 0.5) is 5.82 Å². The third-order valence-corrected chi connectivity index (χ3v) is 2.66. The molecule has 6 nitrogen and oxygen atoms in total. The first-order chi connectivity index (χ1) is 9.10. The number of nitrogen functional groups attached to an aromatic ring is 1. The molecule has 0 bridgehead atoms. The molecule has 0 radical (unpaired) electrons. The molecular formula is C13H16N4O2. The second kappa shape index (κ2) is 5.51. The Morgan fingerprint density at radius 1 is 1.47 bits per heavy atom. The van der Waals surface area contributed by atoms with Gasteiger partial charge in [-0.15, -0.1) is 5.10 Å². The van der Waals surface area contributed by atoms with Crippen LogP contribution in [0.2, 0.25) is 0 Å². The molecule has 2 N–H and O–H groups in total. The lowest BCUT2D eigenvalue weighted by molar-refractivity contribution is 0.101. The third kappa shape index (κ3) is 3.09. The molecule has 0 atom stereocenters. The maximum Gasteiger partial charge on any atom is 0.165 e. The standard InChI is InChI=1S/C13H16N4O2/c1-3-19-12-5-4-10(9(2)18)6-11(12)7-17-8-13(14)15-16-17/h4-6,8H,3,7,14H2,1-2H3. The van der Waals surface area contributed by atoms with Crippen LogP contribution >= 0.6 is 0 Å². The van der Waals surface area contributed by atoms with Crippen LogP contribution in [0.25, 0.3) is 0 Å². The molecule has 19 heavy (non-hydrogen) atoms. The van der Waals surface area contributed by atoms with Crippen molar-refractivity contribution in [2.75, 3.05) is 12.3 Å². The number of hydrogen-bond acceptors (Lipinski definition) is 5. The number of hydrogen-bond donors (Lipinski definition) is 1. The van der Waals surface area contributed by atoms with E-state index in [-0.39, 0.29) is 5.78 Å². The largest absolute Gasteiger partial charge is 0.494 e. The van der Waals surface area contributed by atoms with Gasteiger partial charge in [-0.1, -0.05) is 5.21 Å². The molecule has 0 amide bonds. The minimum atomic E-state index is 0.0161. The van der Waals surface area contributed by atoms with Crippen LogP contribution in [0.5, 0.6) is 5.75 Å². The Kier molecular flexibility index (Phi) is 3.79. The number of nitrogens with two attached hydrogens (primary N) is 1. The second-order valence-electron chi connectivity index (χ2n) is 4.15. The monoisotopic (exact) mass is 260 g/mol. The van der Waals surface area contributed by atoms with E-state index in [1.165, 1.54) is 6.92 Å². The second-order valence-corrected chi connectivity index (χ2v) is 4.15. The normalized spacial score (nSPS) is 10.4. The van der Waals surface area contributed by atoms with Crippen LogP contribution in [0.15, 0.2) is 24.4 Å². The Morgan fingerprint density at radius 3 is 2.84 bits per heavy atom. The minimum Gasteiger partial charge on any atom is -0.494 e. The molecule has 0 fully saturated rings. The zero-order chi connectivity index (χ0) is 13.8. The fourth-order valence-electron chi connectivity index (χ4n) is 1.78. The molecule has 0 aliphatic heterocycles. The number of Topliss-reactive ketones (excluding diaryl/α,β-unsaturated/α-hetero) is 1. The molecular weight excluding hydrogens is 244 g/mol. The third-order valence-electron chi connectivity index (χ3n) is 2.66. The lowest BCUT2D eigenvalue weighted by Gasteiger charge is -2.11. The first-order valence-corrected chi connectivity index (χ1v) is 6.02. The van der Waals surface area contributed by atoms with Crippen molar-refractivity contribution in [2.24, 2.45) is 0 Å². The van der Waals surface area contributed by atoms with Crippen LogP contribution in [0.1, 0.15) is 29.8 Å². The Labute approximate surface area is 111 Å². The van der Waals surface area contributed by atoms with Crippen LogP contribution in [0.3, 0.4) is 0 Å². The van der Waals surface area contributed by atoms with Gasteiger partial charge in [0.25, 0.3) is 0 Å². The number of aromatic nitrogens is 3. The summed E-state index contributed by atoms with van der Waals surface area (Å²) in [5, 5.41) is 7.62. The van der Waals surface area contributed by atoms with E-state index >= 15 is 0 Å². The van der Waals surface area contributed by atoms with E-state index in [2.05, 4.69) is 10.3 Å². The molecule has 100 valence electrons. The van der Waals surface area contributed by atoms with Crippen molar-refractivity contribution in [3.63, 3.8) is 0 Å². The fraction of sp³-hybridized carbons (Fsp3) is 0.308. The van der Waals surface area contributed by atoms with E-state index in [9.17, 15) is 4.79 Å². The van der Waals surface area contributed by atoms with E-state index in [1.54, 1.807) is 23.0 Å². The van der Waals surface area contributed by atoms with Gasteiger partial charge in [0, 0.05) is 11.1 Å². The summed E-state index contributed by atoms with van der Waals surface area (Å²) in [6.07, 6.45) is 1.64. The number of ketones is 1. The van der Waals surface area contributed by atoms with Crippen LogP contribution in [-0.2, 0) is 6.54 Å². The molecule has 1 aromatic carbocycles. The van der Waals surface area contributed by atoms with Gasteiger partial charge in [-0.3, -0.25) is 4.79 Å². The highest BCUT2D eigenvalue weighted by Gasteiger charge is 2.09. The maximum atomic E-state index is 11.4. The maximum absolute atomic E-state index is 11.4. The van der Waals surface area contributed by atoms with Crippen molar-refractivity contribution < 1.29 is 9.53 Å². The SMILES string of the molecule is CCOc1ccc(C(C)=O)cc1Cn1cc(N)nn1. The van der Waals surface area contributed by atoms with Gasteiger partial charge >= 0.3 is 0 Å². The zero-order valence-corrected chi connectivity index (χ0v) is 11.0. The first kappa shape index (κ1) is 13.1. The van der Waals surface area contributed by atoms with Gasteiger partial charge in [-0.05, 0) is 32.0 Å². The molecule has 0 saturated carbocycles. The van der Waals surface area contributed by atoms with E-state index in [1.807, 2.05) is 13.0 Å². The molecule has 6 heteroatoms. The van der Waals surface area contributed by atoms with Crippen molar-refractivity contribution in [2.45, 2.75) is 20.4 Å². The number of carbonyl (C=O) groups is 1. The Hall–Kier alpha value is -2.37. The van der Waals surface area contributed by atoms with Gasteiger partial charge in [0.1, 0.15) is 5.75 Å². The predicted molar refractivity (Wildman–Crippen MR) is 71.2 cm³/mol. The molecule has 1 heterocycles. The summed E-state index contributed by atoms with van der Waals surface area (Å²) in [5.41, 5.74) is 7.05. The summed E-state index contributed by atoms with van der Waals surface area (Å²) in [6.45, 7) is 4.47. The van der Waals surface area contributed by atoms with Gasteiger partial charge in [0.2, 0.25) is 0 Å². The zero-order valence-electron chi connectivity index (χ0n) is 11.0. The summed E-state index contributed by atoms with van der Waals surface area (Å²) < 4.78 is 7.15. The van der Waals surface area contributed by atoms with Crippen molar-refractivity contribution >= 4 is 11.6 Å². The van der Waals surface area contributed by atoms with E-state index < -0.39 is 0 Å². The molecule has 2 aromatic rings. The fourth-order valence-corrected chi connectivity index (χ4v) is 1.78. The molecule has 0 aliphatic carbocycles. The number of ether oxygens (including phenoxy) is 1. The molecule has 0 unspecified atom stereocenters. The van der Waals surface area contributed by atoms with Gasteiger partial charge in [-0.2, -0.15) is 0 Å². The number of anilines is 1. The van der Waals surface area contributed by atoms with Crippen molar-refractivity contribution in [1.29, 1.82) is 0 Å². The highest BCUT2D eigenvalue weighted by molar-refractivity contribution is 5.94. The smallest absolute Gasteiger partial charge is 0.165 e. The summed E-state index contributed by atoms with van der Waals surface area (Å²) in [5.74, 6) is 1.12. The van der Waals surface area contributed by atoms with Crippen molar-refractivity contribution in [3.8, 4) is 5.75 Å². The number of nitrogens with zero attached hydrogens (tertiary/aromatic N) is 3. The summed E-state index contributed by atoms with van der Waals surface area (Å²) in [6, 6.07) is 5.37. The lowest BCUT2D eigenvalue weighted by atomic mass is 10.1. The Morgan fingerprint density at radius 2 is 2.26 bits per heavy atom. The average Bonchev–Trinajstić information content (AvgIpc) is 2.77. The van der Waals surface area contributed by atoms with Gasteiger partial charge in [-0.25, -0.2) is 4.68 Å². The molecule has 1 aromatic heterocycles. The van der Waals surface area contributed by atoms with Crippen molar-refractivity contribution in [3.05, 3.63) is 35.5 Å². The number of benzene rings is 1. The number of carbonyl (C=O) groups excluding carboxylic acids is 1. The minimum absolute atomic E-state index is 0.0161. The Bertz CT molecular complexity index is 592. The summed E-state index contributed by atoms with van der Waals surface area (Å²) in [4.78, 5) is 11.4. The number of rotatable bonds is 5. The van der Waals surface area contributed by atoms with Crippen LogP contribution in [0, 0.1) is 0 Å². The quantitative estimate of drug-likeness (QED) is 0.824. The predicted octanol–water partition coefficient (Wildman–Crippen LogP) is 1.51. The molecule has 0 saturated heterocycles. The summed E-state index contributed by atoms with van der Waals surface area (Å²) in [7, 11) is 0. The van der Waals surface area contributed by atoms with Crippen molar-refractivity contribution in [1.82, 2.24) is 15.0 Å². The Balaban J connectivity index is 2.34. The van der Waals surface area contributed by atoms with Crippen LogP contribution in [-0.4, -0.2) is 27.4 Å². The first-order valence-electron chi connectivity index (χ1n) is 6.02. The van der Waals surface area contributed by atoms with Gasteiger partial charge < -0.3 is 10.5 Å².